The fourth-order valence-corrected chi connectivity index (χ4v) is 2.17. The van der Waals surface area contributed by atoms with Gasteiger partial charge in [0, 0.05) is 23.7 Å². The molecule has 2 amide bonds. The van der Waals surface area contributed by atoms with Crippen LogP contribution >= 0.6 is 0 Å². The van der Waals surface area contributed by atoms with Gasteiger partial charge in [-0.05, 0) is 27.7 Å². The molecule has 112 valence electrons. The van der Waals surface area contributed by atoms with Gasteiger partial charge in [-0.3, -0.25) is 5.32 Å². The number of hydrogen-bond donors (Lipinski definition) is 1. The Balaban J connectivity index is 2.11. The zero-order valence-electron chi connectivity index (χ0n) is 12.9. The second-order valence-corrected chi connectivity index (χ2v) is 5.79. The maximum atomic E-state index is 12.3. The van der Waals surface area contributed by atoms with E-state index in [9.17, 15) is 4.79 Å². The predicted molar refractivity (Wildman–Crippen MR) is 83.1 cm³/mol. The summed E-state index contributed by atoms with van der Waals surface area (Å²) in [5.41, 5.74) is 0.679. The number of carbonyl (C=O) groups excluding carboxylic acids is 1. The molecule has 0 saturated carbocycles. The average Bonchev–Trinajstić information content (AvgIpc) is 2.87. The van der Waals surface area contributed by atoms with Crippen LogP contribution in [0, 0.1) is 0 Å². The minimum atomic E-state index is -0.245. The smallest absolute Gasteiger partial charge is 0.323 e. The third-order valence-electron chi connectivity index (χ3n) is 3.17. The van der Waals surface area contributed by atoms with Crippen molar-refractivity contribution >= 4 is 11.8 Å². The normalized spacial score (nSPS) is 11.2. The standard InChI is InChI=1S/C16H21N3O2/c1-5-19(16(2,3)4)15(20)17-14-11-13(21-18-14)12-9-7-6-8-10-12/h6-11H,5H2,1-4H3,(H,17,18,20). The Morgan fingerprint density at radius 3 is 2.52 bits per heavy atom. The molecule has 1 heterocycles. The van der Waals surface area contributed by atoms with E-state index in [0.29, 0.717) is 18.1 Å². The monoisotopic (exact) mass is 287 g/mol. The van der Waals surface area contributed by atoms with Crippen LogP contribution in [0.3, 0.4) is 0 Å². The van der Waals surface area contributed by atoms with Crippen molar-refractivity contribution in [3.8, 4) is 11.3 Å². The number of rotatable bonds is 3. The molecule has 0 radical (unpaired) electrons. The van der Waals surface area contributed by atoms with E-state index in [1.165, 1.54) is 0 Å². The molecule has 0 fully saturated rings. The van der Waals surface area contributed by atoms with Crippen LogP contribution in [0.5, 0.6) is 0 Å². The van der Waals surface area contributed by atoms with E-state index in [2.05, 4.69) is 10.5 Å². The van der Waals surface area contributed by atoms with E-state index in [4.69, 9.17) is 4.52 Å². The Kier molecular flexibility index (Phi) is 4.31. The summed E-state index contributed by atoms with van der Waals surface area (Å²) in [5.74, 6) is 1.05. The second-order valence-electron chi connectivity index (χ2n) is 5.79. The highest BCUT2D eigenvalue weighted by atomic mass is 16.5. The molecule has 5 heteroatoms. The summed E-state index contributed by atoms with van der Waals surface area (Å²) in [4.78, 5) is 14.0. The van der Waals surface area contributed by atoms with Gasteiger partial charge in [0.25, 0.3) is 0 Å². The SMILES string of the molecule is CCN(C(=O)Nc1cc(-c2ccccc2)on1)C(C)(C)C. The molecule has 2 aromatic rings. The quantitative estimate of drug-likeness (QED) is 0.928. The zero-order valence-corrected chi connectivity index (χ0v) is 12.9. The summed E-state index contributed by atoms with van der Waals surface area (Å²) in [6.07, 6.45) is 0. The van der Waals surface area contributed by atoms with Gasteiger partial charge in [0.1, 0.15) is 0 Å². The Hall–Kier alpha value is -2.30. The molecular formula is C16H21N3O2. The summed E-state index contributed by atoms with van der Waals surface area (Å²) in [6, 6.07) is 11.2. The molecule has 5 nitrogen and oxygen atoms in total. The van der Waals surface area contributed by atoms with Crippen molar-refractivity contribution in [2.75, 3.05) is 11.9 Å². The molecule has 2 rings (SSSR count). The molecule has 0 bridgehead atoms. The summed E-state index contributed by atoms with van der Waals surface area (Å²) in [6.45, 7) is 8.55. The number of benzene rings is 1. The lowest BCUT2D eigenvalue weighted by atomic mass is 10.1. The van der Waals surface area contributed by atoms with Gasteiger partial charge in [-0.1, -0.05) is 35.5 Å². The third kappa shape index (κ3) is 3.62. The minimum Gasteiger partial charge on any atom is -0.354 e. The highest BCUT2D eigenvalue weighted by molar-refractivity contribution is 5.89. The highest BCUT2D eigenvalue weighted by Gasteiger charge is 2.25. The van der Waals surface area contributed by atoms with Crippen LogP contribution in [-0.4, -0.2) is 28.2 Å². The number of carbonyl (C=O) groups is 1. The van der Waals surface area contributed by atoms with Crippen molar-refractivity contribution in [2.24, 2.45) is 0 Å². The number of amides is 2. The Morgan fingerprint density at radius 1 is 1.29 bits per heavy atom. The van der Waals surface area contributed by atoms with E-state index in [1.807, 2.05) is 58.0 Å². The first kappa shape index (κ1) is 15.1. The third-order valence-corrected chi connectivity index (χ3v) is 3.17. The van der Waals surface area contributed by atoms with E-state index >= 15 is 0 Å². The fourth-order valence-electron chi connectivity index (χ4n) is 2.17. The lowest BCUT2D eigenvalue weighted by Gasteiger charge is -2.34. The molecule has 0 unspecified atom stereocenters. The molecular weight excluding hydrogens is 266 g/mol. The largest absolute Gasteiger partial charge is 0.354 e. The van der Waals surface area contributed by atoms with Gasteiger partial charge in [-0.15, -0.1) is 0 Å². The molecule has 0 saturated heterocycles. The van der Waals surface area contributed by atoms with Crippen LogP contribution < -0.4 is 5.32 Å². The summed E-state index contributed by atoms with van der Waals surface area (Å²) in [7, 11) is 0. The van der Waals surface area contributed by atoms with Crippen molar-refractivity contribution < 1.29 is 9.32 Å². The lowest BCUT2D eigenvalue weighted by molar-refractivity contribution is 0.162. The number of anilines is 1. The Labute approximate surface area is 124 Å². The number of nitrogens with one attached hydrogen (secondary N) is 1. The Morgan fingerprint density at radius 2 is 1.95 bits per heavy atom. The summed E-state index contributed by atoms with van der Waals surface area (Å²) in [5, 5.41) is 6.67. The zero-order chi connectivity index (χ0) is 15.5. The second kappa shape index (κ2) is 5.99. The van der Waals surface area contributed by atoms with Crippen LogP contribution in [-0.2, 0) is 0 Å². The number of hydrogen-bond acceptors (Lipinski definition) is 3. The van der Waals surface area contributed by atoms with Gasteiger partial charge in [-0.2, -0.15) is 0 Å². The van der Waals surface area contributed by atoms with E-state index in [-0.39, 0.29) is 11.6 Å². The molecule has 0 aliphatic carbocycles. The van der Waals surface area contributed by atoms with Gasteiger partial charge in [0.2, 0.25) is 0 Å². The van der Waals surface area contributed by atoms with Crippen LogP contribution in [0.1, 0.15) is 27.7 Å². The van der Waals surface area contributed by atoms with Crippen molar-refractivity contribution in [2.45, 2.75) is 33.2 Å². The predicted octanol–water partition coefficient (Wildman–Crippen LogP) is 3.99. The van der Waals surface area contributed by atoms with E-state index in [0.717, 1.165) is 5.56 Å². The lowest BCUT2D eigenvalue weighted by Crippen LogP contribution is -2.47. The topological polar surface area (TPSA) is 58.4 Å². The first-order valence-electron chi connectivity index (χ1n) is 7.02. The highest BCUT2D eigenvalue weighted by Crippen LogP contribution is 2.22. The molecule has 0 aliphatic rings. The maximum Gasteiger partial charge on any atom is 0.323 e. The maximum absolute atomic E-state index is 12.3. The van der Waals surface area contributed by atoms with Crippen LogP contribution in [0.2, 0.25) is 0 Å². The van der Waals surface area contributed by atoms with Gasteiger partial charge >= 0.3 is 6.03 Å². The fraction of sp³-hybridized carbons (Fsp3) is 0.375. The van der Waals surface area contributed by atoms with Crippen molar-refractivity contribution in [3.05, 3.63) is 36.4 Å². The molecule has 0 atom stereocenters. The molecule has 21 heavy (non-hydrogen) atoms. The first-order chi connectivity index (χ1) is 9.91. The van der Waals surface area contributed by atoms with Crippen molar-refractivity contribution in [1.29, 1.82) is 0 Å². The molecule has 1 N–H and O–H groups in total. The number of aromatic nitrogens is 1. The van der Waals surface area contributed by atoms with Crippen LogP contribution in [0.25, 0.3) is 11.3 Å². The van der Waals surface area contributed by atoms with E-state index in [1.54, 1.807) is 11.0 Å². The van der Waals surface area contributed by atoms with Gasteiger partial charge < -0.3 is 9.42 Å². The first-order valence-corrected chi connectivity index (χ1v) is 7.02. The Bertz CT molecular complexity index is 599. The van der Waals surface area contributed by atoms with Crippen LogP contribution in [0.15, 0.2) is 40.9 Å². The summed E-state index contributed by atoms with van der Waals surface area (Å²) >= 11 is 0. The van der Waals surface area contributed by atoms with Gasteiger partial charge in [0.05, 0.1) is 0 Å². The molecule has 1 aromatic carbocycles. The number of urea groups is 1. The molecule has 0 spiro atoms. The summed E-state index contributed by atoms with van der Waals surface area (Å²) < 4.78 is 5.27. The van der Waals surface area contributed by atoms with Gasteiger partial charge in [-0.25, -0.2) is 4.79 Å². The minimum absolute atomic E-state index is 0.182. The molecule has 1 aromatic heterocycles. The van der Waals surface area contributed by atoms with Crippen molar-refractivity contribution in [1.82, 2.24) is 10.1 Å². The van der Waals surface area contributed by atoms with E-state index < -0.39 is 0 Å². The molecule has 0 aliphatic heterocycles. The van der Waals surface area contributed by atoms with Gasteiger partial charge in [0.15, 0.2) is 11.6 Å². The van der Waals surface area contributed by atoms with Crippen molar-refractivity contribution in [3.63, 3.8) is 0 Å². The average molecular weight is 287 g/mol. The number of nitrogens with zero attached hydrogens (tertiary/aromatic N) is 2. The van der Waals surface area contributed by atoms with Crippen LogP contribution in [0.4, 0.5) is 10.6 Å².